The van der Waals surface area contributed by atoms with Gasteiger partial charge in [-0.05, 0) is 62.7 Å². The van der Waals surface area contributed by atoms with Gasteiger partial charge in [0.05, 0.1) is 39.9 Å². The minimum absolute atomic E-state index is 0.00121. The fourth-order valence-electron chi connectivity index (χ4n) is 6.16. The molecule has 0 unspecified atom stereocenters. The first-order valence-electron chi connectivity index (χ1n) is 15.6. The highest BCUT2D eigenvalue weighted by Gasteiger charge is 2.39. The van der Waals surface area contributed by atoms with E-state index in [9.17, 15) is 27.6 Å². The number of alkyl halides is 3. The smallest absolute Gasteiger partial charge is 0.384 e. The number of piperazine rings is 1. The summed E-state index contributed by atoms with van der Waals surface area (Å²) in [5.41, 5.74) is 5.59. The van der Waals surface area contributed by atoms with Crippen LogP contribution in [0.1, 0.15) is 45.1 Å². The van der Waals surface area contributed by atoms with Crippen LogP contribution in [0.4, 0.5) is 24.7 Å². The number of hydrogen-bond donors (Lipinski definition) is 3. The molecule has 49 heavy (non-hydrogen) atoms. The molecule has 2 fully saturated rings. The highest BCUT2D eigenvalue weighted by atomic mass is 35.5. The Hall–Kier alpha value is -4.96. The molecule has 1 aromatic carbocycles. The van der Waals surface area contributed by atoms with Crippen molar-refractivity contribution in [1.82, 2.24) is 39.4 Å². The maximum Gasteiger partial charge on any atom is 0.435 e. The van der Waals surface area contributed by atoms with Crippen LogP contribution in [0.15, 0.2) is 42.9 Å². The van der Waals surface area contributed by atoms with Crippen molar-refractivity contribution in [2.24, 2.45) is 13.0 Å². The topological polar surface area (TPSA) is 156 Å². The number of imidazole rings is 1. The van der Waals surface area contributed by atoms with E-state index in [1.165, 1.54) is 48.3 Å². The molecule has 6 rings (SSSR count). The Balaban J connectivity index is 1.14. The SMILES string of the molecule is Cc1cc(N)ncc1-n1cc(-c2cnc(C(=O)Nc3ccc(C(=O)N4CCN(C(=O)C5CCNCC5)CC4)c(Cl)c3)n2C)c(C(F)(F)F)n1. The second-order valence-electron chi connectivity index (χ2n) is 12.0. The van der Waals surface area contributed by atoms with Crippen LogP contribution in [0.5, 0.6) is 0 Å². The van der Waals surface area contributed by atoms with Crippen LogP contribution >= 0.6 is 11.6 Å². The van der Waals surface area contributed by atoms with Gasteiger partial charge in [-0.3, -0.25) is 14.4 Å². The quantitative estimate of drug-likeness (QED) is 0.275. The number of nitrogen functional groups attached to an aromatic ring is 1. The molecule has 3 amide bonds. The summed E-state index contributed by atoms with van der Waals surface area (Å²) in [5.74, 6) is -0.820. The first kappa shape index (κ1) is 33.9. The van der Waals surface area contributed by atoms with Crippen molar-refractivity contribution < 1.29 is 27.6 Å². The number of aromatic nitrogens is 5. The molecular weight excluding hydrogens is 665 g/mol. The number of benzene rings is 1. The zero-order valence-corrected chi connectivity index (χ0v) is 27.5. The number of pyridine rings is 1. The first-order valence-corrected chi connectivity index (χ1v) is 16.0. The van der Waals surface area contributed by atoms with E-state index in [-0.39, 0.29) is 56.9 Å². The Kier molecular flexibility index (Phi) is 9.35. The number of carbonyl (C=O) groups excluding carboxylic acids is 3. The minimum atomic E-state index is -4.81. The van der Waals surface area contributed by atoms with Crippen molar-refractivity contribution in [3.8, 4) is 16.9 Å². The third-order valence-electron chi connectivity index (χ3n) is 8.83. The lowest BCUT2D eigenvalue weighted by atomic mass is 9.96. The number of amides is 3. The number of nitrogens with zero attached hydrogens (tertiary/aromatic N) is 7. The Morgan fingerprint density at radius 2 is 1.71 bits per heavy atom. The molecule has 17 heteroatoms. The van der Waals surface area contributed by atoms with Crippen LogP contribution in [-0.2, 0) is 18.0 Å². The molecule has 0 aliphatic carbocycles. The van der Waals surface area contributed by atoms with Crippen molar-refractivity contribution in [2.45, 2.75) is 25.9 Å². The zero-order valence-electron chi connectivity index (χ0n) is 26.7. The zero-order chi connectivity index (χ0) is 35.0. The summed E-state index contributed by atoms with van der Waals surface area (Å²) in [7, 11) is 1.42. The van der Waals surface area contributed by atoms with Crippen molar-refractivity contribution in [2.75, 3.05) is 50.3 Å². The van der Waals surface area contributed by atoms with Gasteiger partial charge in [-0.1, -0.05) is 11.6 Å². The van der Waals surface area contributed by atoms with Crippen molar-refractivity contribution in [1.29, 1.82) is 0 Å². The van der Waals surface area contributed by atoms with Crippen LogP contribution < -0.4 is 16.4 Å². The number of rotatable bonds is 6. The summed E-state index contributed by atoms with van der Waals surface area (Å²) < 4.78 is 44.6. The number of halogens is 4. The molecule has 13 nitrogen and oxygen atoms in total. The Morgan fingerprint density at radius 3 is 2.37 bits per heavy atom. The molecule has 4 aromatic rings. The maximum absolute atomic E-state index is 14.1. The molecule has 0 radical (unpaired) electrons. The standard InChI is InChI=1S/C32H34ClF3N10O3/c1-18-13-26(37)39-15-24(18)46-17-22(27(42-46)32(34,35)36)25-16-40-28(43(25)2)29(47)41-20-3-4-21(23(33)14-20)31(49)45-11-9-44(10-12-45)30(48)19-5-7-38-8-6-19/h3-4,13-17,19,38H,5-12H2,1-2H3,(H2,37,39)(H,41,47). The number of aryl methyl sites for hydroxylation is 1. The van der Waals surface area contributed by atoms with E-state index in [2.05, 4.69) is 25.7 Å². The predicted octanol–water partition coefficient (Wildman–Crippen LogP) is 3.77. The number of piperidine rings is 1. The molecule has 0 saturated carbocycles. The van der Waals surface area contributed by atoms with Gasteiger partial charge in [-0.2, -0.15) is 18.3 Å². The van der Waals surface area contributed by atoms with Crippen LogP contribution in [0.25, 0.3) is 16.9 Å². The molecule has 2 saturated heterocycles. The number of nitrogens with one attached hydrogen (secondary N) is 2. The second-order valence-corrected chi connectivity index (χ2v) is 12.5. The van der Waals surface area contributed by atoms with Gasteiger partial charge in [0.15, 0.2) is 11.5 Å². The van der Waals surface area contributed by atoms with Gasteiger partial charge < -0.3 is 30.7 Å². The van der Waals surface area contributed by atoms with Crippen LogP contribution in [0.3, 0.4) is 0 Å². The lowest BCUT2D eigenvalue weighted by Crippen LogP contribution is -2.52. The highest BCUT2D eigenvalue weighted by molar-refractivity contribution is 6.34. The van der Waals surface area contributed by atoms with E-state index in [4.69, 9.17) is 17.3 Å². The fraction of sp³-hybridized carbons (Fsp3) is 0.375. The molecule has 0 atom stereocenters. The summed E-state index contributed by atoms with van der Waals surface area (Å²) in [6.45, 7) is 4.95. The molecule has 5 heterocycles. The lowest BCUT2D eigenvalue weighted by molar-refractivity contribution is -0.141. The first-order chi connectivity index (χ1) is 23.3. The van der Waals surface area contributed by atoms with Gasteiger partial charge in [-0.25, -0.2) is 14.6 Å². The number of anilines is 2. The third-order valence-corrected chi connectivity index (χ3v) is 9.14. The summed E-state index contributed by atoms with van der Waals surface area (Å²) in [6.07, 6.45) is 0.498. The molecule has 0 spiro atoms. The monoisotopic (exact) mass is 698 g/mol. The average molecular weight is 699 g/mol. The number of carbonyl (C=O) groups is 3. The van der Waals surface area contributed by atoms with E-state index >= 15 is 0 Å². The number of nitrogens with two attached hydrogens (primary N) is 1. The summed E-state index contributed by atoms with van der Waals surface area (Å²) >= 11 is 6.48. The molecule has 0 bridgehead atoms. The van der Waals surface area contributed by atoms with Crippen LogP contribution in [0, 0.1) is 12.8 Å². The van der Waals surface area contributed by atoms with Crippen LogP contribution in [0.2, 0.25) is 5.02 Å². The second kappa shape index (κ2) is 13.5. The summed E-state index contributed by atoms with van der Waals surface area (Å²) in [5, 5.41) is 9.79. The van der Waals surface area contributed by atoms with Gasteiger partial charge in [0.25, 0.3) is 11.8 Å². The fourth-order valence-corrected chi connectivity index (χ4v) is 6.42. The van der Waals surface area contributed by atoms with Gasteiger partial charge in [0.1, 0.15) is 5.82 Å². The average Bonchev–Trinajstić information content (AvgIpc) is 3.68. The van der Waals surface area contributed by atoms with Gasteiger partial charge >= 0.3 is 6.18 Å². The molecule has 2 aliphatic rings. The summed E-state index contributed by atoms with van der Waals surface area (Å²) in [6, 6.07) is 5.94. The maximum atomic E-state index is 14.1. The molecule has 2 aliphatic heterocycles. The normalized spacial score (nSPS) is 15.8. The van der Waals surface area contributed by atoms with Crippen molar-refractivity contribution in [3.05, 3.63) is 70.5 Å². The molecule has 258 valence electrons. The molecule has 4 N–H and O–H groups in total. The number of hydrogen-bond acceptors (Lipinski definition) is 8. The van der Waals surface area contributed by atoms with Gasteiger partial charge in [0, 0.05) is 51.0 Å². The molecule has 3 aromatic heterocycles. The molecular formula is C32H34ClF3N10O3. The van der Waals surface area contributed by atoms with E-state index in [0.29, 0.717) is 37.4 Å². The van der Waals surface area contributed by atoms with E-state index in [1.54, 1.807) is 11.8 Å². The van der Waals surface area contributed by atoms with E-state index < -0.39 is 17.8 Å². The van der Waals surface area contributed by atoms with Crippen molar-refractivity contribution in [3.63, 3.8) is 0 Å². The van der Waals surface area contributed by atoms with Crippen LogP contribution in [-0.4, -0.2) is 91.1 Å². The van der Waals surface area contributed by atoms with Crippen molar-refractivity contribution >= 4 is 40.8 Å². The Labute approximate surface area is 284 Å². The third kappa shape index (κ3) is 6.96. The Bertz CT molecular complexity index is 1910. The van der Waals surface area contributed by atoms with Gasteiger partial charge in [-0.15, -0.1) is 0 Å². The predicted molar refractivity (Wildman–Crippen MR) is 175 cm³/mol. The lowest BCUT2D eigenvalue weighted by Gasteiger charge is -2.37. The van der Waals surface area contributed by atoms with E-state index in [0.717, 1.165) is 36.8 Å². The highest BCUT2D eigenvalue weighted by Crippen LogP contribution is 2.37. The largest absolute Gasteiger partial charge is 0.435 e. The summed E-state index contributed by atoms with van der Waals surface area (Å²) in [4.78, 5) is 50.9. The van der Waals surface area contributed by atoms with E-state index in [1.807, 2.05) is 4.90 Å². The Morgan fingerprint density at radius 1 is 1.02 bits per heavy atom. The minimum Gasteiger partial charge on any atom is -0.384 e. The van der Waals surface area contributed by atoms with Gasteiger partial charge in [0.2, 0.25) is 5.91 Å².